The first kappa shape index (κ1) is 21.4. The van der Waals surface area contributed by atoms with E-state index in [0.717, 1.165) is 11.1 Å². The van der Waals surface area contributed by atoms with Gasteiger partial charge in [0, 0.05) is 12.1 Å². The molecule has 0 spiro atoms. The van der Waals surface area contributed by atoms with Gasteiger partial charge in [-0.3, -0.25) is 0 Å². The van der Waals surface area contributed by atoms with Gasteiger partial charge in [-0.2, -0.15) is 0 Å². The largest absolute Gasteiger partial charge is 0.496 e. The van der Waals surface area contributed by atoms with Crippen molar-refractivity contribution < 1.29 is 23.7 Å². The van der Waals surface area contributed by atoms with E-state index in [1.165, 1.54) is 0 Å². The maximum absolute atomic E-state index is 12.5. The van der Waals surface area contributed by atoms with Crippen LogP contribution in [0.4, 0.5) is 4.79 Å². The van der Waals surface area contributed by atoms with Crippen molar-refractivity contribution in [1.82, 2.24) is 5.32 Å². The van der Waals surface area contributed by atoms with Crippen LogP contribution in [0, 0.1) is 5.92 Å². The van der Waals surface area contributed by atoms with Crippen molar-refractivity contribution in [3.8, 4) is 17.2 Å². The molecule has 0 aromatic heterocycles. The van der Waals surface area contributed by atoms with Crippen LogP contribution in [0.15, 0.2) is 42.5 Å². The topological polar surface area (TPSA) is 66.0 Å². The first-order valence-electron chi connectivity index (χ1n) is 9.25. The lowest BCUT2D eigenvalue weighted by molar-refractivity contribution is 0.134. The van der Waals surface area contributed by atoms with E-state index in [1.54, 1.807) is 33.5 Å². The van der Waals surface area contributed by atoms with E-state index in [9.17, 15) is 4.79 Å². The summed E-state index contributed by atoms with van der Waals surface area (Å²) in [4.78, 5) is 12.5. The molecule has 2 aromatic rings. The minimum atomic E-state index is -0.491. The van der Waals surface area contributed by atoms with E-state index < -0.39 is 6.09 Å². The Morgan fingerprint density at radius 1 is 0.964 bits per heavy atom. The highest BCUT2D eigenvalue weighted by Crippen LogP contribution is 2.40. The third-order valence-electron chi connectivity index (χ3n) is 4.31. The van der Waals surface area contributed by atoms with Crippen LogP contribution >= 0.6 is 0 Å². The smallest absolute Gasteiger partial charge is 0.407 e. The van der Waals surface area contributed by atoms with Gasteiger partial charge in [0.2, 0.25) is 0 Å². The fraction of sp³-hybridized carbons (Fsp3) is 0.409. The number of alkyl carbamates (subject to hydrolysis) is 1. The third kappa shape index (κ3) is 5.81. The zero-order valence-corrected chi connectivity index (χ0v) is 17.2. The second kappa shape index (κ2) is 10.4. The first-order valence-corrected chi connectivity index (χ1v) is 9.25. The number of nitrogens with one attached hydrogen (secondary N) is 1. The fourth-order valence-corrected chi connectivity index (χ4v) is 3.00. The van der Waals surface area contributed by atoms with E-state index in [0.29, 0.717) is 29.6 Å². The molecule has 1 N–H and O–H groups in total. The lowest BCUT2D eigenvalue weighted by Gasteiger charge is -2.25. The van der Waals surface area contributed by atoms with Gasteiger partial charge in [-0.15, -0.1) is 0 Å². The van der Waals surface area contributed by atoms with Gasteiger partial charge >= 0.3 is 6.09 Å². The van der Waals surface area contributed by atoms with E-state index in [1.807, 2.05) is 30.3 Å². The van der Waals surface area contributed by atoms with Crippen LogP contribution in [0.2, 0.25) is 0 Å². The van der Waals surface area contributed by atoms with Gasteiger partial charge < -0.3 is 24.3 Å². The highest BCUT2D eigenvalue weighted by Gasteiger charge is 2.25. The molecule has 1 amide bonds. The zero-order valence-electron chi connectivity index (χ0n) is 17.2. The summed E-state index contributed by atoms with van der Waals surface area (Å²) in [5, 5.41) is 2.96. The molecule has 0 saturated carbocycles. The highest BCUT2D eigenvalue weighted by molar-refractivity contribution is 5.69. The van der Waals surface area contributed by atoms with Gasteiger partial charge in [0.15, 0.2) is 0 Å². The molecule has 1 unspecified atom stereocenters. The number of carbonyl (C=O) groups is 1. The van der Waals surface area contributed by atoms with Crippen molar-refractivity contribution in [2.45, 2.75) is 32.9 Å². The van der Waals surface area contributed by atoms with E-state index in [2.05, 4.69) is 19.2 Å². The molecule has 1 atom stereocenters. The second-order valence-corrected chi connectivity index (χ2v) is 6.83. The fourth-order valence-electron chi connectivity index (χ4n) is 3.00. The Hall–Kier alpha value is -2.89. The van der Waals surface area contributed by atoms with Gasteiger partial charge in [-0.05, 0) is 17.9 Å². The van der Waals surface area contributed by atoms with Gasteiger partial charge in [-0.1, -0.05) is 44.2 Å². The van der Waals surface area contributed by atoms with Crippen LogP contribution in [0.5, 0.6) is 17.2 Å². The van der Waals surface area contributed by atoms with Crippen LogP contribution in [-0.4, -0.2) is 27.4 Å². The summed E-state index contributed by atoms with van der Waals surface area (Å²) in [6.45, 7) is 4.39. The van der Waals surface area contributed by atoms with Gasteiger partial charge in [0.05, 0.1) is 32.9 Å². The molecule has 0 aliphatic rings. The molecule has 0 fully saturated rings. The Morgan fingerprint density at radius 3 is 2.07 bits per heavy atom. The number of benzene rings is 2. The van der Waals surface area contributed by atoms with Crippen molar-refractivity contribution in [1.29, 1.82) is 0 Å². The first-order chi connectivity index (χ1) is 13.5. The summed E-state index contributed by atoms with van der Waals surface area (Å²) in [7, 11) is 4.74. The van der Waals surface area contributed by atoms with Crippen LogP contribution < -0.4 is 19.5 Å². The number of ether oxygens (including phenoxy) is 4. The zero-order chi connectivity index (χ0) is 20.5. The monoisotopic (exact) mass is 387 g/mol. The number of hydrogen-bond acceptors (Lipinski definition) is 5. The molecule has 0 saturated heterocycles. The Morgan fingerprint density at radius 2 is 1.57 bits per heavy atom. The highest BCUT2D eigenvalue weighted by atomic mass is 16.5. The molecule has 0 aliphatic heterocycles. The standard InChI is InChI=1S/C22H29NO5/c1-15(2)11-18(23-22(24)28-14-16-9-7-6-8-10-16)21-19(26-4)12-17(25-3)13-20(21)27-5/h6-10,12-13,15,18H,11,14H2,1-5H3,(H,23,24). The van der Waals surface area contributed by atoms with E-state index in [-0.39, 0.29) is 12.6 Å². The predicted octanol–water partition coefficient (Wildman–Crippen LogP) is 4.73. The molecular weight excluding hydrogens is 358 g/mol. The van der Waals surface area contributed by atoms with Crippen LogP contribution in [0.25, 0.3) is 0 Å². The Kier molecular flexibility index (Phi) is 7.99. The number of methoxy groups -OCH3 is 3. The number of carbonyl (C=O) groups excluding carboxylic acids is 1. The average molecular weight is 387 g/mol. The summed E-state index contributed by atoms with van der Waals surface area (Å²) in [5.41, 5.74) is 1.69. The summed E-state index contributed by atoms with van der Waals surface area (Å²) < 4.78 is 21.8. The molecule has 6 nitrogen and oxygen atoms in total. The summed E-state index contributed by atoms with van der Waals surface area (Å²) in [6, 6.07) is 12.8. The van der Waals surface area contributed by atoms with Gasteiger partial charge in [0.1, 0.15) is 23.9 Å². The van der Waals surface area contributed by atoms with E-state index >= 15 is 0 Å². The molecule has 0 radical (unpaired) electrons. The summed E-state index contributed by atoms with van der Waals surface area (Å²) in [6.07, 6.45) is 0.203. The van der Waals surface area contributed by atoms with Gasteiger partial charge in [0.25, 0.3) is 0 Å². The van der Waals surface area contributed by atoms with Crippen LogP contribution in [0.1, 0.15) is 37.4 Å². The normalized spacial score (nSPS) is 11.6. The van der Waals surface area contributed by atoms with Crippen molar-refractivity contribution >= 4 is 6.09 Å². The molecule has 152 valence electrons. The average Bonchev–Trinajstić information content (AvgIpc) is 2.71. The lowest BCUT2D eigenvalue weighted by atomic mass is 9.95. The Bertz CT molecular complexity index is 736. The predicted molar refractivity (Wildman–Crippen MR) is 108 cm³/mol. The Balaban J connectivity index is 2.24. The second-order valence-electron chi connectivity index (χ2n) is 6.83. The minimum absolute atomic E-state index is 0.206. The van der Waals surface area contributed by atoms with Crippen LogP contribution in [0.3, 0.4) is 0 Å². The molecule has 6 heteroatoms. The molecule has 2 rings (SSSR count). The number of rotatable bonds is 9. The molecular formula is C22H29NO5. The molecule has 0 heterocycles. The van der Waals surface area contributed by atoms with Crippen molar-refractivity contribution in [3.05, 3.63) is 53.6 Å². The van der Waals surface area contributed by atoms with Crippen molar-refractivity contribution in [2.24, 2.45) is 5.92 Å². The van der Waals surface area contributed by atoms with Gasteiger partial charge in [-0.25, -0.2) is 4.79 Å². The van der Waals surface area contributed by atoms with Crippen molar-refractivity contribution in [2.75, 3.05) is 21.3 Å². The van der Waals surface area contributed by atoms with Crippen LogP contribution in [-0.2, 0) is 11.3 Å². The molecule has 2 aromatic carbocycles. The quantitative estimate of drug-likeness (QED) is 0.674. The Labute approximate surface area is 166 Å². The molecule has 0 bridgehead atoms. The maximum Gasteiger partial charge on any atom is 0.407 e. The maximum atomic E-state index is 12.5. The SMILES string of the molecule is COc1cc(OC)c(C(CC(C)C)NC(=O)OCc2ccccc2)c(OC)c1. The number of amides is 1. The minimum Gasteiger partial charge on any atom is -0.496 e. The number of hydrogen-bond donors (Lipinski definition) is 1. The third-order valence-corrected chi connectivity index (χ3v) is 4.31. The molecule has 0 aliphatic carbocycles. The lowest BCUT2D eigenvalue weighted by Crippen LogP contribution is -2.30. The molecule has 28 heavy (non-hydrogen) atoms. The summed E-state index contributed by atoms with van der Waals surface area (Å²) >= 11 is 0. The summed E-state index contributed by atoms with van der Waals surface area (Å²) in [5.74, 6) is 2.12. The van der Waals surface area contributed by atoms with E-state index in [4.69, 9.17) is 18.9 Å². The van der Waals surface area contributed by atoms with Crippen molar-refractivity contribution in [3.63, 3.8) is 0 Å².